The highest BCUT2D eigenvalue weighted by atomic mass is 31.2. The van der Waals surface area contributed by atoms with Gasteiger partial charge in [-0.1, -0.05) is 283 Å². The fraction of sp³-hybridized carbons (Fsp3) is 0.703. The van der Waals surface area contributed by atoms with E-state index in [9.17, 15) is 19.0 Å². The topological polar surface area (TPSA) is 111 Å². The van der Waals surface area contributed by atoms with Gasteiger partial charge in [-0.2, -0.15) is 0 Å². The van der Waals surface area contributed by atoms with Crippen molar-refractivity contribution in [1.82, 2.24) is 0 Å². The molecule has 0 saturated carbocycles. The predicted molar refractivity (Wildman–Crippen MR) is 360 cm³/mol. The van der Waals surface area contributed by atoms with E-state index >= 15 is 0 Å². The molecule has 9 nitrogen and oxygen atoms in total. The van der Waals surface area contributed by atoms with Gasteiger partial charge in [0.1, 0.15) is 19.8 Å². The zero-order valence-electron chi connectivity index (χ0n) is 54.8. The molecule has 0 spiro atoms. The second-order valence-electron chi connectivity index (χ2n) is 23.8. The molecular formula is C74H128NO8P. The molecule has 482 valence electrons. The Hall–Kier alpha value is -3.59. The van der Waals surface area contributed by atoms with Gasteiger partial charge in [0, 0.05) is 12.8 Å². The summed E-state index contributed by atoms with van der Waals surface area (Å²) in [7, 11) is 1.15. The van der Waals surface area contributed by atoms with Gasteiger partial charge < -0.3 is 27.9 Å². The second-order valence-corrected chi connectivity index (χ2v) is 25.2. The zero-order chi connectivity index (χ0) is 61.2. The lowest BCUT2D eigenvalue weighted by molar-refractivity contribution is -0.870. The smallest absolute Gasteiger partial charge is 0.306 e. The number of phosphoric ester groups is 1. The van der Waals surface area contributed by atoms with Gasteiger partial charge in [0.15, 0.2) is 6.10 Å². The molecule has 0 aromatic rings. The molecule has 2 unspecified atom stereocenters. The Kier molecular flexibility index (Phi) is 61.2. The molecule has 2 atom stereocenters. The lowest BCUT2D eigenvalue weighted by atomic mass is 10.0. The highest BCUT2D eigenvalue weighted by Crippen LogP contribution is 2.38. The first-order valence-electron chi connectivity index (χ1n) is 34.2. The average molecular weight is 1190 g/mol. The first-order chi connectivity index (χ1) is 41.0. The number of quaternary nitrogens is 1. The Balaban J connectivity index is 4.12. The van der Waals surface area contributed by atoms with Crippen molar-refractivity contribution in [3.8, 4) is 0 Å². The molecule has 84 heavy (non-hydrogen) atoms. The third kappa shape index (κ3) is 67.5. The predicted octanol–water partition coefficient (Wildman–Crippen LogP) is 21.6. The molecule has 0 rings (SSSR count). The fourth-order valence-electron chi connectivity index (χ4n) is 9.23. The molecule has 0 aliphatic carbocycles. The number of carbonyl (C=O) groups is 2. The van der Waals surface area contributed by atoms with Crippen LogP contribution in [-0.2, 0) is 32.7 Å². The molecule has 0 radical (unpaired) electrons. The Morgan fingerprint density at radius 2 is 0.679 bits per heavy atom. The molecule has 0 aromatic carbocycles. The van der Waals surface area contributed by atoms with Crippen LogP contribution in [0.25, 0.3) is 0 Å². The molecule has 0 amide bonds. The van der Waals surface area contributed by atoms with Gasteiger partial charge in [-0.3, -0.25) is 14.2 Å². The van der Waals surface area contributed by atoms with Crippen molar-refractivity contribution >= 4 is 19.8 Å². The van der Waals surface area contributed by atoms with E-state index in [1.54, 1.807) is 0 Å². The summed E-state index contributed by atoms with van der Waals surface area (Å²) in [6, 6.07) is 0. The molecule has 0 bridgehead atoms. The summed E-state index contributed by atoms with van der Waals surface area (Å²) in [6.07, 6.45) is 91.2. The molecular weight excluding hydrogens is 1060 g/mol. The molecule has 0 aliphatic heterocycles. The molecule has 0 aliphatic rings. The Morgan fingerprint density at radius 1 is 0.381 bits per heavy atom. The normalized spacial score (nSPS) is 13.9. The van der Waals surface area contributed by atoms with Gasteiger partial charge in [0.05, 0.1) is 27.7 Å². The third-order valence-electron chi connectivity index (χ3n) is 14.5. The molecule has 0 heterocycles. The summed E-state index contributed by atoms with van der Waals surface area (Å²) in [4.78, 5) is 38.1. The number of rotatable bonds is 62. The van der Waals surface area contributed by atoms with Crippen molar-refractivity contribution in [2.75, 3.05) is 47.5 Å². The quantitative estimate of drug-likeness (QED) is 0.0195. The zero-order valence-corrected chi connectivity index (χ0v) is 55.7. The van der Waals surface area contributed by atoms with E-state index in [1.165, 1.54) is 148 Å². The number of likely N-dealkylation sites (N-methyl/N-ethyl adjacent to an activating group) is 1. The molecule has 0 N–H and O–H groups in total. The van der Waals surface area contributed by atoms with E-state index in [0.717, 1.165) is 103 Å². The monoisotopic (exact) mass is 1190 g/mol. The van der Waals surface area contributed by atoms with Crippen molar-refractivity contribution in [3.05, 3.63) is 122 Å². The minimum atomic E-state index is -4.65. The van der Waals surface area contributed by atoms with Crippen LogP contribution < -0.4 is 4.89 Å². The van der Waals surface area contributed by atoms with Crippen molar-refractivity contribution in [1.29, 1.82) is 0 Å². The van der Waals surface area contributed by atoms with Crippen LogP contribution >= 0.6 is 7.82 Å². The number of allylic oxidation sites excluding steroid dienone is 20. The number of hydrogen-bond donors (Lipinski definition) is 0. The Bertz CT molecular complexity index is 1830. The number of esters is 2. The van der Waals surface area contributed by atoms with Crippen molar-refractivity contribution < 1.29 is 42.1 Å². The van der Waals surface area contributed by atoms with Crippen LogP contribution in [0.1, 0.15) is 284 Å². The molecule has 0 aromatic heterocycles. The van der Waals surface area contributed by atoms with Crippen LogP contribution in [0.3, 0.4) is 0 Å². The van der Waals surface area contributed by atoms with Gasteiger partial charge in [-0.15, -0.1) is 0 Å². The summed E-state index contributed by atoms with van der Waals surface area (Å²) in [5, 5.41) is 0. The minimum absolute atomic E-state index is 0.0374. The summed E-state index contributed by atoms with van der Waals surface area (Å²) in [6.45, 7) is 4.12. The van der Waals surface area contributed by atoms with E-state index in [4.69, 9.17) is 18.5 Å². The first-order valence-corrected chi connectivity index (χ1v) is 35.7. The van der Waals surface area contributed by atoms with Crippen molar-refractivity contribution in [2.45, 2.75) is 290 Å². The fourth-order valence-corrected chi connectivity index (χ4v) is 9.96. The largest absolute Gasteiger partial charge is 0.756 e. The number of phosphoric acid groups is 1. The third-order valence-corrected chi connectivity index (χ3v) is 15.4. The van der Waals surface area contributed by atoms with E-state index in [-0.39, 0.29) is 32.0 Å². The van der Waals surface area contributed by atoms with Gasteiger partial charge in [0.25, 0.3) is 7.82 Å². The lowest BCUT2D eigenvalue weighted by Crippen LogP contribution is -2.37. The SMILES string of the molecule is CC/C=C\C/C=C\C/C=C\C/C=C\C/C=C\C/C=C\C/C=C\CCCCCCCCCCCC(=O)OC(COC(=O)CCCCCCCCCCCCCCCC/C=C\C/C=C\C/C=C\CCCCCCC)COP(=O)([O-])OCC[N+](C)(C)C. The van der Waals surface area contributed by atoms with E-state index < -0.39 is 26.5 Å². The first kappa shape index (κ1) is 80.4. The van der Waals surface area contributed by atoms with E-state index in [2.05, 4.69) is 135 Å². The van der Waals surface area contributed by atoms with Gasteiger partial charge in [0.2, 0.25) is 0 Å². The lowest BCUT2D eigenvalue weighted by Gasteiger charge is -2.28. The summed E-state index contributed by atoms with van der Waals surface area (Å²) in [5.74, 6) is -0.841. The number of carbonyl (C=O) groups excluding carboxylic acids is 2. The van der Waals surface area contributed by atoms with Gasteiger partial charge in [-0.05, 0) is 109 Å². The highest BCUT2D eigenvalue weighted by Gasteiger charge is 2.22. The van der Waals surface area contributed by atoms with Crippen LogP contribution in [-0.4, -0.2) is 70.0 Å². The maximum absolute atomic E-state index is 12.9. The van der Waals surface area contributed by atoms with Crippen LogP contribution in [0.15, 0.2) is 122 Å². The second kappa shape index (κ2) is 63.9. The maximum Gasteiger partial charge on any atom is 0.306 e. The Labute approximate surface area is 518 Å². The van der Waals surface area contributed by atoms with Crippen molar-refractivity contribution in [2.24, 2.45) is 0 Å². The summed E-state index contributed by atoms with van der Waals surface area (Å²) >= 11 is 0. The van der Waals surface area contributed by atoms with Crippen LogP contribution in [0.2, 0.25) is 0 Å². The number of hydrogen-bond acceptors (Lipinski definition) is 8. The standard InChI is InChI=1S/C74H128NO8P/c1-6-8-10-12-14-16-18-20-22-24-26-28-30-32-34-36-37-39-41-43-45-47-49-51-53-55-57-59-61-63-65-67-74(77)83-72(71-82-84(78,79)81-69-68-75(3,4)5)70-80-73(76)66-64-62-60-58-56-54-52-50-48-46-44-42-40-38-35-33-31-29-27-25-23-21-19-17-15-13-11-9-7-2/h8,10,14,16,19-22,25-28,31-34,37,39,43,45,72H,6-7,9,11-13,15,17-18,23-24,29-30,35-36,38,40-42,44,46-71H2,1-5H3/b10-8-,16-14-,21-19-,22-20-,27-25-,28-26-,33-31-,34-32-,39-37-,45-43-. The van der Waals surface area contributed by atoms with Gasteiger partial charge in [-0.25, -0.2) is 0 Å². The number of ether oxygens (including phenoxy) is 2. The maximum atomic E-state index is 12.9. The molecule has 0 saturated heterocycles. The summed E-state index contributed by atoms with van der Waals surface area (Å²) in [5.41, 5.74) is 0. The highest BCUT2D eigenvalue weighted by molar-refractivity contribution is 7.45. The average Bonchev–Trinajstić information content (AvgIpc) is 3.61. The van der Waals surface area contributed by atoms with E-state index in [0.29, 0.717) is 17.4 Å². The minimum Gasteiger partial charge on any atom is -0.756 e. The van der Waals surface area contributed by atoms with Crippen molar-refractivity contribution in [3.63, 3.8) is 0 Å². The summed E-state index contributed by atoms with van der Waals surface area (Å²) < 4.78 is 34.3. The van der Waals surface area contributed by atoms with Gasteiger partial charge >= 0.3 is 11.9 Å². The molecule has 0 fully saturated rings. The Morgan fingerprint density at radius 3 is 1.01 bits per heavy atom. The van der Waals surface area contributed by atoms with Crippen LogP contribution in [0.4, 0.5) is 0 Å². The number of nitrogens with zero attached hydrogens (tertiary/aromatic N) is 1. The number of unbranched alkanes of at least 4 members (excludes halogenated alkanes) is 28. The van der Waals surface area contributed by atoms with E-state index in [1.807, 2.05) is 21.1 Å². The molecule has 10 heteroatoms. The van der Waals surface area contributed by atoms with Crippen LogP contribution in [0.5, 0.6) is 0 Å². The van der Waals surface area contributed by atoms with Crippen LogP contribution in [0, 0.1) is 0 Å².